The van der Waals surface area contributed by atoms with E-state index >= 15 is 0 Å². The minimum Gasteiger partial charge on any atom is -0.342 e. The Morgan fingerprint density at radius 2 is 1.84 bits per heavy atom. The number of hydrogen-bond acceptors (Lipinski definition) is 2. The van der Waals surface area contributed by atoms with Crippen molar-refractivity contribution < 1.29 is 13.6 Å². The predicted molar refractivity (Wildman–Crippen MR) is 70.2 cm³/mol. The molecular weight excluding hydrogens is 250 g/mol. The highest BCUT2D eigenvalue weighted by molar-refractivity contribution is 5.79. The second-order valence-electron chi connectivity index (χ2n) is 6.11. The predicted octanol–water partition coefficient (Wildman–Crippen LogP) is 2.36. The van der Waals surface area contributed by atoms with Crippen molar-refractivity contribution in [3.8, 4) is 0 Å². The summed E-state index contributed by atoms with van der Waals surface area (Å²) >= 11 is 0. The molecule has 0 saturated carbocycles. The molecule has 0 radical (unpaired) electrons. The molecule has 110 valence electrons. The van der Waals surface area contributed by atoms with Crippen LogP contribution in [0.25, 0.3) is 0 Å². The van der Waals surface area contributed by atoms with Crippen LogP contribution in [-0.4, -0.2) is 53.9 Å². The molecule has 1 amide bonds. The van der Waals surface area contributed by atoms with E-state index in [-0.39, 0.29) is 37.8 Å². The fourth-order valence-electron chi connectivity index (χ4n) is 2.99. The lowest BCUT2D eigenvalue weighted by Crippen LogP contribution is -2.50. The largest absolute Gasteiger partial charge is 0.342 e. The SMILES string of the molecule is CC(C)N1CCCC(C(=O)N2CCC(F)(F)CC2)C1. The first kappa shape index (κ1) is 14.7. The zero-order chi connectivity index (χ0) is 14.0. The van der Waals surface area contributed by atoms with Crippen molar-refractivity contribution in [2.45, 2.75) is 51.5 Å². The van der Waals surface area contributed by atoms with Gasteiger partial charge in [-0.3, -0.25) is 4.79 Å². The van der Waals surface area contributed by atoms with E-state index in [4.69, 9.17) is 0 Å². The Hall–Kier alpha value is -0.710. The monoisotopic (exact) mass is 274 g/mol. The van der Waals surface area contributed by atoms with Gasteiger partial charge in [-0.25, -0.2) is 8.78 Å². The second kappa shape index (κ2) is 5.73. The molecule has 1 atom stereocenters. The minimum absolute atomic E-state index is 0.00266. The maximum Gasteiger partial charge on any atom is 0.251 e. The van der Waals surface area contributed by atoms with E-state index < -0.39 is 5.92 Å². The molecule has 0 aromatic rings. The van der Waals surface area contributed by atoms with Crippen LogP contribution in [0.2, 0.25) is 0 Å². The fraction of sp³-hybridized carbons (Fsp3) is 0.929. The van der Waals surface area contributed by atoms with Crippen molar-refractivity contribution in [2.24, 2.45) is 5.92 Å². The summed E-state index contributed by atoms with van der Waals surface area (Å²) in [6, 6.07) is 0.446. The standard InChI is InChI=1S/C14H24F2N2O/c1-11(2)18-7-3-4-12(10-18)13(19)17-8-5-14(15,16)6-9-17/h11-12H,3-10H2,1-2H3. The van der Waals surface area contributed by atoms with Crippen molar-refractivity contribution >= 4 is 5.91 Å². The molecule has 2 aliphatic heterocycles. The summed E-state index contributed by atoms with van der Waals surface area (Å²) in [4.78, 5) is 16.3. The third kappa shape index (κ3) is 3.65. The molecule has 0 aromatic carbocycles. The van der Waals surface area contributed by atoms with E-state index in [0.717, 1.165) is 25.9 Å². The number of alkyl halides is 2. The zero-order valence-electron chi connectivity index (χ0n) is 11.9. The van der Waals surface area contributed by atoms with Crippen molar-refractivity contribution in [3.05, 3.63) is 0 Å². The Morgan fingerprint density at radius 1 is 1.21 bits per heavy atom. The number of amides is 1. The summed E-state index contributed by atoms with van der Waals surface area (Å²) in [6.45, 7) is 6.51. The van der Waals surface area contributed by atoms with Crippen LogP contribution in [0.5, 0.6) is 0 Å². The topological polar surface area (TPSA) is 23.6 Å². The number of likely N-dealkylation sites (tertiary alicyclic amines) is 2. The Morgan fingerprint density at radius 3 is 2.42 bits per heavy atom. The molecule has 2 heterocycles. The van der Waals surface area contributed by atoms with Gasteiger partial charge in [-0.15, -0.1) is 0 Å². The summed E-state index contributed by atoms with van der Waals surface area (Å²) < 4.78 is 26.2. The van der Waals surface area contributed by atoms with Gasteiger partial charge in [0.1, 0.15) is 0 Å². The van der Waals surface area contributed by atoms with Crippen LogP contribution in [0.15, 0.2) is 0 Å². The molecule has 0 bridgehead atoms. The average Bonchev–Trinajstić information content (AvgIpc) is 2.38. The van der Waals surface area contributed by atoms with Gasteiger partial charge in [-0.05, 0) is 33.2 Å². The van der Waals surface area contributed by atoms with Crippen molar-refractivity contribution in [2.75, 3.05) is 26.2 Å². The Kier molecular flexibility index (Phi) is 4.43. The molecule has 2 aliphatic rings. The molecule has 3 nitrogen and oxygen atoms in total. The van der Waals surface area contributed by atoms with Crippen molar-refractivity contribution in [1.82, 2.24) is 9.80 Å². The summed E-state index contributed by atoms with van der Waals surface area (Å²) in [5, 5.41) is 0. The first-order valence-corrected chi connectivity index (χ1v) is 7.30. The molecule has 0 aromatic heterocycles. The maximum absolute atomic E-state index is 13.1. The number of halogens is 2. The van der Waals surface area contributed by atoms with Crippen LogP contribution in [0.3, 0.4) is 0 Å². The zero-order valence-corrected chi connectivity index (χ0v) is 11.9. The Bertz CT molecular complexity index is 323. The number of carbonyl (C=O) groups excluding carboxylic acids is 1. The number of nitrogens with zero attached hydrogens (tertiary/aromatic N) is 2. The van der Waals surface area contributed by atoms with E-state index in [1.807, 2.05) is 0 Å². The number of rotatable bonds is 2. The molecule has 0 spiro atoms. The highest BCUT2D eigenvalue weighted by Gasteiger charge is 2.38. The molecule has 1 unspecified atom stereocenters. The summed E-state index contributed by atoms with van der Waals surface area (Å²) in [5.41, 5.74) is 0. The van der Waals surface area contributed by atoms with Crippen LogP contribution < -0.4 is 0 Å². The van der Waals surface area contributed by atoms with Gasteiger partial charge in [-0.1, -0.05) is 0 Å². The third-order valence-corrected chi connectivity index (χ3v) is 4.34. The van der Waals surface area contributed by atoms with Gasteiger partial charge in [0.2, 0.25) is 5.91 Å². The smallest absolute Gasteiger partial charge is 0.251 e. The molecule has 5 heteroatoms. The summed E-state index contributed by atoms with van der Waals surface area (Å²) in [7, 11) is 0. The van der Waals surface area contributed by atoms with Gasteiger partial charge >= 0.3 is 0 Å². The van der Waals surface area contributed by atoms with Crippen LogP contribution in [-0.2, 0) is 4.79 Å². The normalized spacial score (nSPS) is 28.7. The summed E-state index contributed by atoms with van der Waals surface area (Å²) in [6.07, 6.45) is 1.56. The van der Waals surface area contributed by atoms with Gasteiger partial charge in [0.25, 0.3) is 5.92 Å². The lowest BCUT2D eigenvalue weighted by Gasteiger charge is -2.39. The molecular formula is C14H24F2N2O. The van der Waals surface area contributed by atoms with Crippen LogP contribution >= 0.6 is 0 Å². The molecule has 2 saturated heterocycles. The van der Waals surface area contributed by atoms with E-state index in [0.29, 0.717) is 6.04 Å². The van der Waals surface area contributed by atoms with Crippen LogP contribution in [0.4, 0.5) is 8.78 Å². The van der Waals surface area contributed by atoms with Gasteiger partial charge < -0.3 is 9.80 Å². The molecule has 2 fully saturated rings. The quantitative estimate of drug-likeness (QED) is 0.772. The lowest BCUT2D eigenvalue weighted by atomic mass is 9.94. The highest BCUT2D eigenvalue weighted by Crippen LogP contribution is 2.29. The van der Waals surface area contributed by atoms with Crippen molar-refractivity contribution in [1.29, 1.82) is 0 Å². The first-order valence-electron chi connectivity index (χ1n) is 7.30. The van der Waals surface area contributed by atoms with E-state index in [9.17, 15) is 13.6 Å². The third-order valence-electron chi connectivity index (χ3n) is 4.34. The lowest BCUT2D eigenvalue weighted by molar-refractivity contribution is -0.143. The van der Waals surface area contributed by atoms with Gasteiger partial charge in [0.15, 0.2) is 0 Å². The average molecular weight is 274 g/mol. The minimum atomic E-state index is -2.58. The summed E-state index contributed by atoms with van der Waals surface area (Å²) in [5.74, 6) is -2.49. The number of hydrogen-bond donors (Lipinski definition) is 0. The Labute approximate surface area is 113 Å². The van der Waals surface area contributed by atoms with E-state index in [1.165, 1.54) is 0 Å². The Balaban J connectivity index is 1.89. The van der Waals surface area contributed by atoms with E-state index in [2.05, 4.69) is 18.7 Å². The van der Waals surface area contributed by atoms with Gasteiger partial charge in [-0.2, -0.15) is 0 Å². The van der Waals surface area contributed by atoms with Gasteiger partial charge in [0, 0.05) is 38.5 Å². The van der Waals surface area contributed by atoms with Crippen LogP contribution in [0, 0.1) is 5.92 Å². The fourth-order valence-corrected chi connectivity index (χ4v) is 2.99. The first-order chi connectivity index (χ1) is 8.89. The van der Waals surface area contributed by atoms with Crippen LogP contribution in [0.1, 0.15) is 39.5 Å². The number of piperidine rings is 2. The molecule has 2 rings (SSSR count). The second-order valence-corrected chi connectivity index (χ2v) is 6.11. The molecule has 0 aliphatic carbocycles. The van der Waals surface area contributed by atoms with Gasteiger partial charge in [0.05, 0.1) is 5.92 Å². The number of carbonyl (C=O) groups is 1. The maximum atomic E-state index is 13.1. The molecule has 0 N–H and O–H groups in total. The van der Waals surface area contributed by atoms with Crippen molar-refractivity contribution in [3.63, 3.8) is 0 Å². The highest BCUT2D eigenvalue weighted by atomic mass is 19.3. The molecule has 19 heavy (non-hydrogen) atoms. The van der Waals surface area contributed by atoms with E-state index in [1.54, 1.807) is 4.90 Å².